The lowest BCUT2D eigenvalue weighted by Gasteiger charge is -2.39. The first-order valence-corrected chi connectivity index (χ1v) is 22.8. The molecule has 4 N–H and O–H groups in total. The largest absolute Gasteiger partial charge is 0.457 e. The molecule has 1 saturated heterocycles. The van der Waals surface area contributed by atoms with Crippen LogP contribution in [0.2, 0.25) is 0 Å². The summed E-state index contributed by atoms with van der Waals surface area (Å²) < 4.78 is 22.8. The predicted molar refractivity (Wildman–Crippen MR) is 219 cm³/mol. The van der Waals surface area contributed by atoms with Crippen LogP contribution >= 0.6 is 0 Å². The van der Waals surface area contributed by atoms with Gasteiger partial charge in [0.1, 0.15) is 30.5 Å². The second kappa shape index (κ2) is 37.5. The van der Waals surface area contributed by atoms with Crippen LogP contribution in [0.25, 0.3) is 0 Å². The molecule has 0 aromatic rings. The molecule has 0 bridgehead atoms. The van der Waals surface area contributed by atoms with Crippen molar-refractivity contribution < 1.29 is 44.2 Å². The zero-order valence-corrected chi connectivity index (χ0v) is 35.0. The predicted octanol–water partition coefficient (Wildman–Crippen LogP) is 10.0. The molecule has 54 heavy (non-hydrogen) atoms. The van der Waals surface area contributed by atoms with Gasteiger partial charge in [0.05, 0.1) is 19.8 Å². The number of carbonyl (C=O) groups excluding carboxylic acids is 1. The number of unbranched alkanes of at least 4 members (excludes halogenated alkanes) is 26. The molecular formula is C45H86O9. The van der Waals surface area contributed by atoms with Gasteiger partial charge < -0.3 is 39.4 Å². The Morgan fingerprint density at radius 3 is 1.56 bits per heavy atom. The van der Waals surface area contributed by atoms with Gasteiger partial charge in [-0.3, -0.25) is 4.79 Å². The molecule has 9 nitrogen and oxygen atoms in total. The topological polar surface area (TPSA) is 135 Å². The van der Waals surface area contributed by atoms with Crippen molar-refractivity contribution in [1.29, 1.82) is 0 Å². The van der Waals surface area contributed by atoms with Gasteiger partial charge in [-0.15, -0.1) is 0 Å². The Morgan fingerprint density at radius 1 is 0.574 bits per heavy atom. The van der Waals surface area contributed by atoms with Gasteiger partial charge in [0.25, 0.3) is 0 Å². The van der Waals surface area contributed by atoms with E-state index in [1.807, 2.05) is 0 Å². The zero-order chi connectivity index (χ0) is 39.3. The Bertz CT molecular complexity index is 838. The van der Waals surface area contributed by atoms with E-state index in [1.54, 1.807) is 0 Å². The van der Waals surface area contributed by atoms with Crippen molar-refractivity contribution in [2.45, 2.75) is 243 Å². The van der Waals surface area contributed by atoms with Crippen molar-refractivity contribution in [2.24, 2.45) is 0 Å². The van der Waals surface area contributed by atoms with Crippen LogP contribution in [-0.4, -0.2) is 89.6 Å². The van der Waals surface area contributed by atoms with Crippen molar-refractivity contribution in [3.63, 3.8) is 0 Å². The lowest BCUT2D eigenvalue weighted by atomic mass is 9.99. The maximum atomic E-state index is 12.8. The van der Waals surface area contributed by atoms with Gasteiger partial charge in [0, 0.05) is 13.0 Å². The Morgan fingerprint density at radius 2 is 1.04 bits per heavy atom. The number of esters is 1. The highest BCUT2D eigenvalue weighted by molar-refractivity contribution is 5.69. The number of rotatable bonds is 39. The fraction of sp³-hybridized carbons (Fsp3) is 0.933. The fourth-order valence-corrected chi connectivity index (χ4v) is 7.06. The molecule has 0 aliphatic carbocycles. The summed E-state index contributed by atoms with van der Waals surface area (Å²) in [5, 5.41) is 40.1. The van der Waals surface area contributed by atoms with Crippen LogP contribution in [0.4, 0.5) is 0 Å². The molecule has 6 atom stereocenters. The van der Waals surface area contributed by atoms with Gasteiger partial charge in [-0.1, -0.05) is 180 Å². The summed E-state index contributed by atoms with van der Waals surface area (Å²) in [6.45, 7) is 4.54. The highest BCUT2D eigenvalue weighted by atomic mass is 16.7. The van der Waals surface area contributed by atoms with Crippen molar-refractivity contribution >= 4 is 5.97 Å². The first kappa shape index (κ1) is 50.9. The molecule has 0 saturated carbocycles. The van der Waals surface area contributed by atoms with Crippen molar-refractivity contribution in [2.75, 3.05) is 26.4 Å². The van der Waals surface area contributed by atoms with Gasteiger partial charge in [0.15, 0.2) is 6.29 Å². The third-order valence-corrected chi connectivity index (χ3v) is 10.7. The molecule has 0 aromatic carbocycles. The lowest BCUT2D eigenvalue weighted by molar-refractivity contribution is -0.305. The zero-order valence-electron chi connectivity index (χ0n) is 35.0. The van der Waals surface area contributed by atoms with Gasteiger partial charge in [0.2, 0.25) is 0 Å². The molecule has 9 heteroatoms. The van der Waals surface area contributed by atoms with Gasteiger partial charge in [-0.05, 0) is 32.1 Å². The van der Waals surface area contributed by atoms with Crippen LogP contribution < -0.4 is 0 Å². The van der Waals surface area contributed by atoms with Crippen LogP contribution in [0.3, 0.4) is 0 Å². The monoisotopic (exact) mass is 771 g/mol. The average Bonchev–Trinajstić information content (AvgIpc) is 3.17. The summed E-state index contributed by atoms with van der Waals surface area (Å²) in [5.41, 5.74) is 0. The van der Waals surface area contributed by atoms with E-state index in [4.69, 9.17) is 18.9 Å². The van der Waals surface area contributed by atoms with Crippen LogP contribution in [0.5, 0.6) is 0 Å². The molecule has 320 valence electrons. The van der Waals surface area contributed by atoms with E-state index in [2.05, 4.69) is 26.0 Å². The third kappa shape index (κ3) is 28.3. The minimum absolute atomic E-state index is 0.111. The normalized spacial score (nSPS) is 20.9. The summed E-state index contributed by atoms with van der Waals surface area (Å²) in [5.74, 6) is -0.312. The summed E-state index contributed by atoms with van der Waals surface area (Å²) in [4.78, 5) is 12.8. The molecule has 0 radical (unpaired) electrons. The first-order chi connectivity index (χ1) is 26.4. The molecular weight excluding hydrogens is 684 g/mol. The Balaban J connectivity index is 2.22. The fourth-order valence-electron chi connectivity index (χ4n) is 7.06. The van der Waals surface area contributed by atoms with E-state index >= 15 is 0 Å². The standard InChI is InChI=1S/C45H86O9/c1-3-5-7-9-11-13-15-17-18-19-20-21-22-23-24-26-28-30-32-34-41(47)53-39(38-52-45-44(50)43(49)42(48)40(36-46)54-45)37-51-35-33-31-29-27-25-16-14-12-10-8-6-4-2/h10,12,39-40,42-46,48-50H,3-9,11,13-38H2,1-2H3/b12-10-. The first-order valence-electron chi connectivity index (χ1n) is 22.8. The second-order valence-corrected chi connectivity index (χ2v) is 15.9. The lowest BCUT2D eigenvalue weighted by Crippen LogP contribution is -2.59. The highest BCUT2D eigenvalue weighted by Crippen LogP contribution is 2.23. The molecule has 0 amide bonds. The third-order valence-electron chi connectivity index (χ3n) is 10.7. The van der Waals surface area contributed by atoms with Crippen molar-refractivity contribution in [3.8, 4) is 0 Å². The number of allylic oxidation sites excluding steroid dienone is 2. The molecule has 6 unspecified atom stereocenters. The molecule has 0 spiro atoms. The van der Waals surface area contributed by atoms with Gasteiger partial charge in [-0.2, -0.15) is 0 Å². The van der Waals surface area contributed by atoms with Crippen LogP contribution in [-0.2, 0) is 23.7 Å². The van der Waals surface area contributed by atoms with Crippen molar-refractivity contribution in [3.05, 3.63) is 12.2 Å². The SMILES string of the molecule is CCCC/C=C\CCCCCCCCOCC(COC1OC(CO)C(O)C(O)C1O)OC(=O)CCCCCCCCCCCCCCCCCCCCC. The summed E-state index contributed by atoms with van der Waals surface area (Å²) >= 11 is 0. The quantitative estimate of drug-likeness (QED) is 0.0274. The second-order valence-electron chi connectivity index (χ2n) is 15.9. The number of hydrogen-bond donors (Lipinski definition) is 4. The van der Waals surface area contributed by atoms with Crippen LogP contribution in [0, 0.1) is 0 Å². The van der Waals surface area contributed by atoms with Crippen LogP contribution in [0.1, 0.15) is 206 Å². The minimum Gasteiger partial charge on any atom is -0.457 e. The average molecular weight is 771 g/mol. The van der Waals surface area contributed by atoms with Gasteiger partial charge >= 0.3 is 5.97 Å². The minimum atomic E-state index is -1.53. The Hall–Kier alpha value is -1.07. The van der Waals surface area contributed by atoms with E-state index in [0.717, 1.165) is 38.5 Å². The Labute approximate surface area is 331 Å². The highest BCUT2D eigenvalue weighted by Gasteiger charge is 2.44. The number of hydrogen-bond acceptors (Lipinski definition) is 9. The molecule has 1 aliphatic heterocycles. The van der Waals surface area contributed by atoms with E-state index < -0.39 is 43.4 Å². The van der Waals surface area contributed by atoms with Gasteiger partial charge in [-0.25, -0.2) is 0 Å². The molecule has 1 rings (SSSR count). The molecule has 0 aromatic heterocycles. The molecule has 1 aliphatic rings. The number of aliphatic hydroxyl groups is 4. The van der Waals surface area contributed by atoms with E-state index in [9.17, 15) is 25.2 Å². The number of carbonyl (C=O) groups is 1. The summed E-state index contributed by atoms with van der Waals surface area (Å²) in [6.07, 6.45) is 33.8. The summed E-state index contributed by atoms with van der Waals surface area (Å²) in [7, 11) is 0. The number of aliphatic hydroxyl groups excluding tert-OH is 4. The Kier molecular flexibility index (Phi) is 35.4. The number of ether oxygens (including phenoxy) is 4. The van der Waals surface area contributed by atoms with E-state index in [1.165, 1.54) is 148 Å². The van der Waals surface area contributed by atoms with E-state index in [-0.39, 0.29) is 19.2 Å². The summed E-state index contributed by atoms with van der Waals surface area (Å²) in [6, 6.07) is 0. The maximum absolute atomic E-state index is 12.8. The smallest absolute Gasteiger partial charge is 0.306 e. The van der Waals surface area contributed by atoms with Crippen LogP contribution in [0.15, 0.2) is 12.2 Å². The van der Waals surface area contributed by atoms with Crippen molar-refractivity contribution in [1.82, 2.24) is 0 Å². The maximum Gasteiger partial charge on any atom is 0.306 e. The molecule has 1 heterocycles. The molecule has 1 fully saturated rings. The van der Waals surface area contributed by atoms with E-state index in [0.29, 0.717) is 13.0 Å².